The van der Waals surface area contributed by atoms with Crippen molar-refractivity contribution in [3.8, 4) is 11.1 Å². The van der Waals surface area contributed by atoms with E-state index in [0.717, 1.165) is 55.8 Å². The maximum absolute atomic E-state index is 13.9. The first kappa shape index (κ1) is 90.9. The van der Waals surface area contributed by atoms with Crippen LogP contribution >= 0.6 is 8.58 Å². The van der Waals surface area contributed by atoms with Crippen molar-refractivity contribution < 1.29 is 96.6 Å². The molecule has 6 unspecified atom stereocenters. The maximum atomic E-state index is 13.9. The third-order valence-electron chi connectivity index (χ3n) is 19.4. The molecule has 0 heterocycles. The predicted octanol–water partition coefficient (Wildman–Crippen LogP) is 28.8. The fourth-order valence-corrected chi connectivity index (χ4v) is 20.6. The third kappa shape index (κ3) is 28.2. The number of alkyl halides is 14. The van der Waals surface area contributed by atoms with Gasteiger partial charge in [-0.3, -0.25) is 0 Å². The molecule has 0 amide bonds. The van der Waals surface area contributed by atoms with Gasteiger partial charge in [-0.1, -0.05) is 250 Å². The van der Waals surface area contributed by atoms with Crippen molar-refractivity contribution in [1.82, 2.24) is 0 Å². The molecule has 0 bridgehead atoms. The molecule has 0 aromatic heterocycles. The zero-order chi connectivity index (χ0) is 71.8. The summed E-state index contributed by atoms with van der Waals surface area (Å²) in [7, 11) is -2.04. The van der Waals surface area contributed by atoms with Crippen molar-refractivity contribution in [3.63, 3.8) is 0 Å². The summed E-state index contributed by atoms with van der Waals surface area (Å²) in [6, 6.07) is 0. The summed E-state index contributed by atoms with van der Waals surface area (Å²) < 4.78 is 297. The van der Waals surface area contributed by atoms with Gasteiger partial charge < -0.3 is 0 Å². The van der Waals surface area contributed by atoms with Crippen molar-refractivity contribution >= 4 is 21.7 Å². The Balaban J connectivity index is 0.00000139. The number of unbranched alkanes of at least 4 members (excludes halogenated alkanes) is 8. The fraction of sp³-hybridized carbons (Fsp3) is 0.826. The van der Waals surface area contributed by atoms with Crippen molar-refractivity contribution in [2.24, 2.45) is 29.6 Å². The van der Waals surface area contributed by atoms with E-state index in [9.17, 15) is 96.6 Å². The van der Waals surface area contributed by atoms with Gasteiger partial charge >= 0.3 is 35.8 Å². The predicted molar refractivity (Wildman–Crippen MR) is 339 cm³/mol. The Labute approximate surface area is 546 Å². The van der Waals surface area contributed by atoms with Gasteiger partial charge in [-0.05, 0) is 42.4 Å². The second kappa shape index (κ2) is 44.1. The highest BCUT2D eigenvalue weighted by Gasteiger charge is 2.74. The first-order valence-electron chi connectivity index (χ1n) is 34.7. The minimum atomic E-state index is -7.10. The van der Waals surface area contributed by atoms with Crippen molar-refractivity contribution in [2.45, 2.75) is 326 Å². The summed E-state index contributed by atoms with van der Waals surface area (Å²) in [6.45, 7) is 25.3. The average Bonchev–Trinajstić information content (AvgIpc) is 0.719. The molecule has 2 aromatic rings. The molecule has 0 radical (unpaired) electrons. The molecule has 2 rings (SSSR count). The van der Waals surface area contributed by atoms with E-state index in [1.165, 1.54) is 103 Å². The molecule has 548 valence electrons. The number of halogens is 22. The highest BCUT2D eigenvalue weighted by atomic mass is 31.1. The standard InChI is InChI=1S/C18H33F6P.C15F16.4C9H19.Al/c1-4-7-9-10-13-16(19,20)17(21,22)18(23,24)25-14-12-15(6-3)11-8-5-2;16-5-2(6(17)10(21)12(23)9(5)20)1-3(13(24,25)15(29,30)31)7(18)11(22)8(19)4(1)14(26,27)28;4*1-4-7-8-9(5-2)6-3;/h15,25H,4-14H2,1-3H3;;4*9H,2,4-8H2,1,3H3;/q;;;;;;-1/p+1. The number of rotatable bonds is 45. The molecule has 6 atom stereocenters. The monoisotopic (exact) mass is 1410 g/mol. The minimum Gasteiger partial charge on any atom is -0.203 e. The van der Waals surface area contributed by atoms with E-state index < -0.39 is 133 Å². The van der Waals surface area contributed by atoms with Gasteiger partial charge in [0.15, 0.2) is 40.7 Å². The number of hydrogen-bond donors (Lipinski definition) is 0. The van der Waals surface area contributed by atoms with Crippen LogP contribution in [0, 0.1) is 76.1 Å². The Morgan fingerprint density at radius 1 is 0.323 bits per heavy atom. The lowest BCUT2D eigenvalue weighted by atomic mass is 9.88. The summed E-state index contributed by atoms with van der Waals surface area (Å²) in [6.07, 6.45) is 20.0. The maximum Gasteiger partial charge on any atom is 0.458 e. The second-order valence-electron chi connectivity index (χ2n) is 26.2. The molecule has 0 nitrogen and oxygen atoms in total. The van der Waals surface area contributed by atoms with Gasteiger partial charge in [-0.2, -0.15) is 82.6 Å². The SMILES string of the molecule is CCCCC(CC)C[CH2][Al-]([CH2]CC(CC)CCCC)([CH2]CC(CC)CCCC)[CH2]CC(CC)CCCC.CCCCCCC(F)(F)C(F)(F)C(F)(F)[PH2+]CCC(CC)CCCC.Fc1c(F)c(F)c(-c2c(C(F)(F)F)c(F)c(F)c(F)c2C(F)(F)C(F)(F)F)c(F)c1F. The van der Waals surface area contributed by atoms with E-state index >= 15 is 0 Å². The van der Waals surface area contributed by atoms with Crippen LogP contribution in [-0.4, -0.2) is 42.9 Å². The molecular weight excluding hydrogens is 1300 g/mol. The van der Waals surface area contributed by atoms with Gasteiger partial charge in [-0.25, -0.2) is 35.1 Å². The fourth-order valence-electron chi connectivity index (χ4n) is 12.7. The normalized spacial score (nSPS) is 15.2. The Bertz CT molecular complexity index is 2240. The van der Waals surface area contributed by atoms with Crippen LogP contribution in [0.1, 0.15) is 280 Å². The lowest BCUT2D eigenvalue weighted by molar-refractivity contribution is -0.290. The highest BCUT2D eigenvalue weighted by molar-refractivity contribution is 7.39. The summed E-state index contributed by atoms with van der Waals surface area (Å²) in [4.78, 5) is 0. The molecule has 0 saturated heterocycles. The molecule has 0 aliphatic rings. The zero-order valence-corrected chi connectivity index (χ0v) is 59.4. The van der Waals surface area contributed by atoms with Crippen LogP contribution in [0.5, 0.6) is 0 Å². The summed E-state index contributed by atoms with van der Waals surface area (Å²) in [5, 5.41) is 6.75. The molecule has 0 aliphatic carbocycles. The lowest BCUT2D eigenvalue weighted by Crippen LogP contribution is -2.52. The minimum absolute atomic E-state index is 0.0727. The smallest absolute Gasteiger partial charge is 0.203 e. The Morgan fingerprint density at radius 2 is 0.624 bits per heavy atom. The third-order valence-corrected chi connectivity index (χ3v) is 27.1. The molecule has 0 spiro atoms. The van der Waals surface area contributed by atoms with Crippen molar-refractivity contribution in [2.75, 3.05) is 6.16 Å². The largest absolute Gasteiger partial charge is 0.458 e. The van der Waals surface area contributed by atoms with Crippen LogP contribution in [0.3, 0.4) is 0 Å². The molecule has 0 fully saturated rings. The second-order valence-corrected chi connectivity index (χ2v) is 33.7. The van der Waals surface area contributed by atoms with E-state index in [2.05, 4.69) is 55.4 Å². The average molecular weight is 1420 g/mol. The van der Waals surface area contributed by atoms with Gasteiger partial charge in [0.2, 0.25) is 5.82 Å². The molecule has 0 N–H and O–H groups in total. The lowest BCUT2D eigenvalue weighted by Gasteiger charge is -2.41. The molecular formula is C69H110AlF22P. The van der Waals surface area contributed by atoms with E-state index in [4.69, 9.17) is 0 Å². The van der Waals surface area contributed by atoms with Gasteiger partial charge in [-0.15, -0.1) is 0 Å². The first-order chi connectivity index (χ1) is 43.3. The first-order valence-corrected chi connectivity index (χ1v) is 39.4. The number of benzene rings is 2. The zero-order valence-electron chi connectivity index (χ0n) is 57.1. The van der Waals surface area contributed by atoms with Crippen LogP contribution in [0.4, 0.5) is 96.6 Å². The van der Waals surface area contributed by atoms with Crippen LogP contribution in [0.2, 0.25) is 21.1 Å². The van der Waals surface area contributed by atoms with Gasteiger partial charge in [0, 0.05) is 12.0 Å². The summed E-state index contributed by atoms with van der Waals surface area (Å²) in [5.74, 6) is -39.8. The van der Waals surface area contributed by atoms with Gasteiger partial charge in [0.05, 0.1) is 25.9 Å². The topological polar surface area (TPSA) is 0 Å². The van der Waals surface area contributed by atoms with Crippen LogP contribution in [0.25, 0.3) is 11.1 Å². The molecule has 0 aliphatic heterocycles. The Kier molecular flexibility index (Phi) is 43.1. The highest BCUT2D eigenvalue weighted by Crippen LogP contribution is 2.57. The van der Waals surface area contributed by atoms with Crippen LogP contribution in [0.15, 0.2) is 0 Å². The van der Waals surface area contributed by atoms with E-state index in [-0.39, 0.29) is 18.5 Å². The molecule has 24 heteroatoms. The van der Waals surface area contributed by atoms with E-state index in [0.29, 0.717) is 19.3 Å². The molecule has 93 heavy (non-hydrogen) atoms. The van der Waals surface area contributed by atoms with Crippen molar-refractivity contribution in [3.05, 3.63) is 57.7 Å². The summed E-state index contributed by atoms with van der Waals surface area (Å²) in [5.41, 5.74) is -18.8. The van der Waals surface area contributed by atoms with Gasteiger partial charge in [0.1, 0.15) is 18.6 Å². The van der Waals surface area contributed by atoms with Crippen molar-refractivity contribution in [1.29, 1.82) is 0 Å². The Morgan fingerprint density at radius 3 is 0.925 bits per heavy atom. The van der Waals surface area contributed by atoms with Gasteiger partial charge in [0.25, 0.3) is 0 Å². The van der Waals surface area contributed by atoms with Crippen LogP contribution in [-0.2, 0) is 12.1 Å². The van der Waals surface area contributed by atoms with E-state index in [1.54, 1.807) is 46.8 Å². The molecule has 0 saturated carbocycles. The summed E-state index contributed by atoms with van der Waals surface area (Å²) >= 11 is -1.64. The van der Waals surface area contributed by atoms with E-state index in [1.807, 2.05) is 20.8 Å². The molecule has 2 aromatic carbocycles. The Hall–Kier alpha value is -2.14. The van der Waals surface area contributed by atoms with Crippen LogP contribution < -0.4 is 0 Å². The number of hydrogen-bond acceptors (Lipinski definition) is 0. The quantitative estimate of drug-likeness (QED) is 0.0155.